The van der Waals surface area contributed by atoms with Crippen LogP contribution >= 0.6 is 11.3 Å². The Balaban J connectivity index is 1.76. The lowest BCUT2D eigenvalue weighted by Gasteiger charge is -2.07. The van der Waals surface area contributed by atoms with E-state index in [-0.39, 0.29) is 5.91 Å². The first-order valence-electron chi connectivity index (χ1n) is 7.84. The minimum absolute atomic E-state index is 0.207. The van der Waals surface area contributed by atoms with E-state index in [0.29, 0.717) is 23.1 Å². The van der Waals surface area contributed by atoms with Crippen molar-refractivity contribution >= 4 is 22.4 Å². The molecule has 0 spiro atoms. The van der Waals surface area contributed by atoms with Gasteiger partial charge in [-0.25, -0.2) is 4.98 Å². The summed E-state index contributed by atoms with van der Waals surface area (Å²) in [7, 11) is 1.59. The van der Waals surface area contributed by atoms with Crippen molar-refractivity contribution in [3.8, 4) is 22.8 Å². The van der Waals surface area contributed by atoms with E-state index in [9.17, 15) is 4.79 Å². The largest absolute Gasteiger partial charge is 0.497 e. The van der Waals surface area contributed by atoms with Crippen molar-refractivity contribution in [1.82, 2.24) is 4.98 Å². The quantitative estimate of drug-likeness (QED) is 0.709. The number of amides is 1. The lowest BCUT2D eigenvalue weighted by atomic mass is 10.1. The maximum absolute atomic E-state index is 12.3. The summed E-state index contributed by atoms with van der Waals surface area (Å²) in [4.78, 5) is 16.8. The number of nitrogens with zero attached hydrogens (tertiary/aromatic N) is 1. The second-order valence-electron chi connectivity index (χ2n) is 5.15. The van der Waals surface area contributed by atoms with E-state index in [1.807, 2.05) is 36.6 Å². The third-order valence-corrected chi connectivity index (χ3v) is 4.30. The summed E-state index contributed by atoms with van der Waals surface area (Å²) in [5.74, 6) is 1.28. The molecule has 5 nitrogen and oxygen atoms in total. The Morgan fingerprint density at radius 2 is 1.92 bits per heavy atom. The second-order valence-corrected chi connectivity index (χ2v) is 6.01. The molecule has 25 heavy (non-hydrogen) atoms. The molecular weight excluding hydrogens is 336 g/mol. The first-order valence-corrected chi connectivity index (χ1v) is 8.72. The van der Waals surface area contributed by atoms with Crippen LogP contribution in [0.4, 0.5) is 5.13 Å². The highest BCUT2D eigenvalue weighted by atomic mass is 32.1. The van der Waals surface area contributed by atoms with E-state index in [4.69, 9.17) is 9.47 Å². The van der Waals surface area contributed by atoms with Crippen molar-refractivity contribution in [3.05, 3.63) is 59.5 Å². The van der Waals surface area contributed by atoms with Crippen molar-refractivity contribution in [2.24, 2.45) is 0 Å². The number of carbonyl (C=O) groups excluding carboxylic acids is 1. The normalized spacial score (nSPS) is 10.3. The zero-order chi connectivity index (χ0) is 17.6. The smallest absolute Gasteiger partial charge is 0.257 e. The van der Waals surface area contributed by atoms with Gasteiger partial charge in [-0.1, -0.05) is 12.1 Å². The van der Waals surface area contributed by atoms with E-state index in [0.717, 1.165) is 17.0 Å². The third-order valence-electron chi connectivity index (χ3n) is 3.54. The van der Waals surface area contributed by atoms with Gasteiger partial charge >= 0.3 is 0 Å². The first-order chi connectivity index (χ1) is 12.2. The van der Waals surface area contributed by atoms with E-state index in [2.05, 4.69) is 10.3 Å². The summed E-state index contributed by atoms with van der Waals surface area (Å²) in [6.07, 6.45) is 0. The first kappa shape index (κ1) is 17.0. The molecule has 3 aromatic rings. The average Bonchev–Trinajstić information content (AvgIpc) is 3.11. The van der Waals surface area contributed by atoms with Crippen LogP contribution in [-0.4, -0.2) is 24.6 Å². The average molecular weight is 354 g/mol. The molecule has 1 heterocycles. The van der Waals surface area contributed by atoms with Gasteiger partial charge in [0.05, 0.1) is 19.4 Å². The van der Waals surface area contributed by atoms with Crippen molar-refractivity contribution in [3.63, 3.8) is 0 Å². The summed E-state index contributed by atoms with van der Waals surface area (Å²) in [6, 6.07) is 14.7. The monoisotopic (exact) mass is 354 g/mol. The SMILES string of the molecule is CCOc1ccccc1-c1csc(NC(=O)c2ccc(OC)cc2)n1. The molecule has 1 aromatic heterocycles. The number of aromatic nitrogens is 1. The molecule has 128 valence electrons. The lowest BCUT2D eigenvalue weighted by Crippen LogP contribution is -2.11. The van der Waals surface area contributed by atoms with Crippen molar-refractivity contribution in [2.45, 2.75) is 6.92 Å². The van der Waals surface area contributed by atoms with Crippen LogP contribution in [0.2, 0.25) is 0 Å². The molecule has 0 saturated heterocycles. The summed E-state index contributed by atoms with van der Waals surface area (Å²) in [6.45, 7) is 2.53. The fraction of sp³-hybridized carbons (Fsp3) is 0.158. The van der Waals surface area contributed by atoms with Gasteiger partial charge in [-0.15, -0.1) is 11.3 Å². The van der Waals surface area contributed by atoms with Crippen LogP contribution in [-0.2, 0) is 0 Å². The predicted molar refractivity (Wildman–Crippen MR) is 99.7 cm³/mol. The van der Waals surface area contributed by atoms with Crippen LogP contribution in [0, 0.1) is 0 Å². The van der Waals surface area contributed by atoms with Gasteiger partial charge < -0.3 is 9.47 Å². The number of ether oxygens (including phenoxy) is 2. The molecule has 1 amide bonds. The Morgan fingerprint density at radius 1 is 1.16 bits per heavy atom. The highest BCUT2D eigenvalue weighted by molar-refractivity contribution is 7.14. The molecular formula is C19H18N2O3S. The van der Waals surface area contributed by atoms with Gasteiger partial charge in [0.1, 0.15) is 11.5 Å². The summed E-state index contributed by atoms with van der Waals surface area (Å²) in [5.41, 5.74) is 2.23. The van der Waals surface area contributed by atoms with Gasteiger partial charge in [-0.2, -0.15) is 0 Å². The van der Waals surface area contributed by atoms with Crippen molar-refractivity contribution in [1.29, 1.82) is 0 Å². The molecule has 6 heteroatoms. The molecule has 0 saturated carbocycles. The number of carbonyl (C=O) groups is 1. The molecule has 3 rings (SSSR count). The molecule has 2 aromatic carbocycles. The van der Waals surface area contributed by atoms with Crippen LogP contribution < -0.4 is 14.8 Å². The molecule has 0 unspecified atom stereocenters. The number of methoxy groups -OCH3 is 1. The Hall–Kier alpha value is -2.86. The lowest BCUT2D eigenvalue weighted by molar-refractivity contribution is 0.102. The van der Waals surface area contributed by atoms with E-state index < -0.39 is 0 Å². The van der Waals surface area contributed by atoms with Gasteiger partial charge in [0.2, 0.25) is 0 Å². The van der Waals surface area contributed by atoms with E-state index >= 15 is 0 Å². The van der Waals surface area contributed by atoms with Gasteiger partial charge in [0, 0.05) is 16.5 Å². The molecule has 0 bridgehead atoms. The molecule has 0 radical (unpaired) electrons. The number of nitrogens with one attached hydrogen (secondary N) is 1. The summed E-state index contributed by atoms with van der Waals surface area (Å²) < 4.78 is 10.7. The number of anilines is 1. The fourth-order valence-corrected chi connectivity index (χ4v) is 3.03. The highest BCUT2D eigenvalue weighted by Crippen LogP contribution is 2.32. The van der Waals surface area contributed by atoms with Crippen LogP contribution in [0.3, 0.4) is 0 Å². The predicted octanol–water partition coefficient (Wildman–Crippen LogP) is 4.47. The number of thiazole rings is 1. The van der Waals surface area contributed by atoms with Gasteiger partial charge in [-0.3, -0.25) is 10.1 Å². The topological polar surface area (TPSA) is 60.5 Å². The molecule has 0 fully saturated rings. The number of benzene rings is 2. The van der Waals surface area contributed by atoms with Crippen LogP contribution in [0.1, 0.15) is 17.3 Å². The number of rotatable bonds is 6. The third kappa shape index (κ3) is 3.97. The van der Waals surface area contributed by atoms with Crippen LogP contribution in [0.15, 0.2) is 53.9 Å². The zero-order valence-corrected chi connectivity index (χ0v) is 14.8. The molecule has 0 atom stereocenters. The fourth-order valence-electron chi connectivity index (χ4n) is 2.33. The minimum Gasteiger partial charge on any atom is -0.497 e. The number of hydrogen-bond acceptors (Lipinski definition) is 5. The van der Waals surface area contributed by atoms with Gasteiger partial charge in [0.15, 0.2) is 5.13 Å². The Labute approximate surface area is 150 Å². The Bertz CT molecular complexity index is 859. The van der Waals surface area contributed by atoms with Crippen LogP contribution in [0.25, 0.3) is 11.3 Å². The highest BCUT2D eigenvalue weighted by Gasteiger charge is 2.12. The summed E-state index contributed by atoms with van der Waals surface area (Å²) >= 11 is 1.38. The van der Waals surface area contributed by atoms with Gasteiger partial charge in [0.25, 0.3) is 5.91 Å². The Morgan fingerprint density at radius 3 is 2.64 bits per heavy atom. The molecule has 0 aliphatic heterocycles. The van der Waals surface area contributed by atoms with Gasteiger partial charge in [-0.05, 0) is 43.3 Å². The maximum Gasteiger partial charge on any atom is 0.257 e. The maximum atomic E-state index is 12.3. The zero-order valence-electron chi connectivity index (χ0n) is 14.0. The van der Waals surface area contributed by atoms with E-state index in [1.165, 1.54) is 11.3 Å². The van der Waals surface area contributed by atoms with Crippen molar-refractivity contribution in [2.75, 3.05) is 19.0 Å². The van der Waals surface area contributed by atoms with Crippen LogP contribution in [0.5, 0.6) is 11.5 Å². The van der Waals surface area contributed by atoms with Crippen molar-refractivity contribution < 1.29 is 14.3 Å². The minimum atomic E-state index is -0.207. The Kier molecular flexibility index (Phi) is 5.30. The standard InChI is InChI=1S/C19H18N2O3S/c1-3-24-17-7-5-4-6-15(17)16-12-25-19(20-16)21-18(22)13-8-10-14(23-2)11-9-13/h4-12H,3H2,1-2H3,(H,20,21,22). The van der Waals surface area contributed by atoms with E-state index in [1.54, 1.807) is 31.4 Å². The molecule has 1 N–H and O–H groups in total. The number of hydrogen-bond donors (Lipinski definition) is 1. The molecule has 0 aliphatic carbocycles. The summed E-state index contributed by atoms with van der Waals surface area (Å²) in [5, 5.41) is 5.27. The second kappa shape index (κ2) is 7.81. The molecule has 0 aliphatic rings. The number of para-hydroxylation sites is 1.